The summed E-state index contributed by atoms with van der Waals surface area (Å²) in [5, 5.41) is 0. The molecule has 3 fully saturated rings. The molecule has 0 radical (unpaired) electrons. The fourth-order valence-corrected chi connectivity index (χ4v) is 4.90. The van der Waals surface area contributed by atoms with E-state index in [9.17, 15) is 4.79 Å². The predicted octanol–water partition coefficient (Wildman–Crippen LogP) is 3.08. The van der Waals surface area contributed by atoms with E-state index in [2.05, 4.69) is 15.9 Å². The van der Waals surface area contributed by atoms with Crippen molar-refractivity contribution in [3.8, 4) is 5.75 Å². The van der Waals surface area contributed by atoms with Crippen LogP contribution in [0.25, 0.3) is 0 Å². The van der Waals surface area contributed by atoms with Crippen LogP contribution in [0.5, 0.6) is 5.75 Å². The maximum Gasteiger partial charge on any atom is 0.223 e. The van der Waals surface area contributed by atoms with Crippen LogP contribution in [-0.4, -0.2) is 61.7 Å². The highest BCUT2D eigenvalue weighted by atomic mass is 16.5. The number of amides is 1. The van der Waals surface area contributed by atoms with Crippen molar-refractivity contribution >= 4 is 5.91 Å². The van der Waals surface area contributed by atoms with Crippen LogP contribution in [0.15, 0.2) is 24.3 Å². The molecule has 3 aliphatic heterocycles. The highest BCUT2D eigenvalue weighted by molar-refractivity contribution is 5.79. The normalized spacial score (nSPS) is 25.9. The summed E-state index contributed by atoms with van der Waals surface area (Å²) in [6.07, 6.45) is 7.10. The van der Waals surface area contributed by atoms with Gasteiger partial charge in [0.05, 0.1) is 13.2 Å². The fourth-order valence-electron chi connectivity index (χ4n) is 4.90. The molecule has 4 rings (SSSR count). The Bertz CT molecular complexity index is 649. The number of rotatable bonds is 5. The van der Waals surface area contributed by atoms with Crippen LogP contribution < -0.4 is 4.74 Å². The first-order valence-electron chi connectivity index (χ1n) is 10.4. The first kappa shape index (κ1) is 18.8. The van der Waals surface area contributed by atoms with E-state index in [-0.39, 0.29) is 5.41 Å². The lowest BCUT2D eigenvalue weighted by Gasteiger charge is -2.40. The lowest BCUT2D eigenvalue weighted by molar-refractivity contribution is -0.128. The van der Waals surface area contributed by atoms with Crippen LogP contribution in [0.2, 0.25) is 0 Å². The molecule has 1 amide bonds. The summed E-state index contributed by atoms with van der Waals surface area (Å²) in [5.41, 5.74) is 1.33. The molecule has 3 saturated heterocycles. The molecule has 3 heterocycles. The Kier molecular flexibility index (Phi) is 5.69. The second-order valence-electron chi connectivity index (χ2n) is 8.57. The number of hydrogen-bond acceptors (Lipinski definition) is 4. The third kappa shape index (κ3) is 4.46. The average molecular weight is 373 g/mol. The number of carbonyl (C=O) groups is 1. The minimum atomic E-state index is 0.180. The molecule has 0 N–H and O–H groups in total. The summed E-state index contributed by atoms with van der Waals surface area (Å²) in [4.78, 5) is 17.3. The largest absolute Gasteiger partial charge is 0.497 e. The molecule has 0 saturated carbocycles. The van der Waals surface area contributed by atoms with Gasteiger partial charge in [-0.3, -0.25) is 4.79 Å². The quantitative estimate of drug-likeness (QED) is 0.797. The third-order valence-electron chi connectivity index (χ3n) is 6.57. The summed E-state index contributed by atoms with van der Waals surface area (Å²) in [7, 11) is 1.68. The van der Waals surface area contributed by atoms with Crippen LogP contribution in [0, 0.1) is 5.41 Å². The molecule has 1 aromatic rings. The number of benzene rings is 1. The minimum Gasteiger partial charge on any atom is -0.497 e. The van der Waals surface area contributed by atoms with Gasteiger partial charge in [-0.25, -0.2) is 0 Å². The number of piperidine rings is 1. The van der Waals surface area contributed by atoms with Gasteiger partial charge in [0.2, 0.25) is 5.91 Å². The van der Waals surface area contributed by atoms with E-state index < -0.39 is 0 Å². The SMILES string of the molecule is COc1cccc(CN2CC3(CCN(C[C@@H]4CCCCO4)CC3)CC2=O)c1. The predicted molar refractivity (Wildman–Crippen MR) is 105 cm³/mol. The van der Waals surface area contributed by atoms with Crippen molar-refractivity contribution in [1.29, 1.82) is 0 Å². The van der Waals surface area contributed by atoms with Crippen molar-refractivity contribution in [3.63, 3.8) is 0 Å². The summed E-state index contributed by atoms with van der Waals surface area (Å²) in [6, 6.07) is 8.05. The Morgan fingerprint density at radius 3 is 2.85 bits per heavy atom. The molecule has 0 aliphatic carbocycles. The van der Waals surface area contributed by atoms with Gasteiger partial charge in [0.25, 0.3) is 0 Å². The van der Waals surface area contributed by atoms with Crippen molar-refractivity contribution in [1.82, 2.24) is 9.80 Å². The van der Waals surface area contributed by atoms with Crippen molar-refractivity contribution in [2.45, 2.75) is 51.2 Å². The standard InChI is InChI=1S/C22H32N2O3/c1-26-19-7-4-5-18(13-19)15-24-17-22(14-21(24)25)8-10-23(11-9-22)16-20-6-2-3-12-27-20/h4-5,7,13,20H,2-3,6,8-12,14-17H2,1H3/t20-/m0/s1. The van der Waals surface area contributed by atoms with E-state index >= 15 is 0 Å². The first-order valence-corrected chi connectivity index (χ1v) is 10.4. The van der Waals surface area contributed by atoms with E-state index in [0.29, 0.717) is 25.0 Å². The maximum absolute atomic E-state index is 12.7. The van der Waals surface area contributed by atoms with Gasteiger partial charge in [-0.1, -0.05) is 12.1 Å². The highest BCUT2D eigenvalue weighted by Gasteiger charge is 2.44. The second kappa shape index (κ2) is 8.19. The topological polar surface area (TPSA) is 42.0 Å². The number of carbonyl (C=O) groups excluding carboxylic acids is 1. The molecule has 0 unspecified atom stereocenters. The Morgan fingerprint density at radius 1 is 1.26 bits per heavy atom. The number of ether oxygens (including phenoxy) is 2. The van der Waals surface area contributed by atoms with Gasteiger partial charge in [-0.15, -0.1) is 0 Å². The molecule has 3 aliphatic rings. The van der Waals surface area contributed by atoms with E-state index in [0.717, 1.165) is 56.9 Å². The van der Waals surface area contributed by atoms with Crippen LogP contribution in [0.3, 0.4) is 0 Å². The zero-order valence-corrected chi connectivity index (χ0v) is 16.5. The van der Waals surface area contributed by atoms with E-state index in [1.54, 1.807) is 7.11 Å². The van der Waals surface area contributed by atoms with Gasteiger partial charge < -0.3 is 19.3 Å². The van der Waals surface area contributed by atoms with Crippen molar-refractivity contribution < 1.29 is 14.3 Å². The molecule has 148 valence electrons. The average Bonchev–Trinajstić information content (AvgIpc) is 2.99. The van der Waals surface area contributed by atoms with Gasteiger partial charge in [0.1, 0.15) is 5.75 Å². The van der Waals surface area contributed by atoms with Crippen LogP contribution in [-0.2, 0) is 16.1 Å². The molecule has 0 aromatic heterocycles. The van der Waals surface area contributed by atoms with Crippen LogP contribution >= 0.6 is 0 Å². The smallest absolute Gasteiger partial charge is 0.223 e. The zero-order valence-electron chi connectivity index (χ0n) is 16.5. The van der Waals surface area contributed by atoms with Gasteiger partial charge in [0, 0.05) is 32.7 Å². The third-order valence-corrected chi connectivity index (χ3v) is 6.57. The molecular weight excluding hydrogens is 340 g/mol. The lowest BCUT2D eigenvalue weighted by Crippen LogP contribution is -2.45. The number of likely N-dealkylation sites (tertiary alicyclic amines) is 2. The van der Waals surface area contributed by atoms with Gasteiger partial charge in [-0.05, 0) is 68.3 Å². The Labute approximate surface area is 162 Å². The molecule has 1 atom stereocenters. The van der Waals surface area contributed by atoms with Gasteiger partial charge in [0.15, 0.2) is 0 Å². The second-order valence-corrected chi connectivity index (χ2v) is 8.57. The number of hydrogen-bond donors (Lipinski definition) is 0. The molecular formula is C22H32N2O3. The lowest BCUT2D eigenvalue weighted by atomic mass is 9.77. The Balaban J connectivity index is 1.30. The van der Waals surface area contributed by atoms with Crippen molar-refractivity contribution in [2.75, 3.05) is 39.9 Å². The molecule has 1 aromatic carbocycles. The summed E-state index contributed by atoms with van der Waals surface area (Å²) in [5.74, 6) is 1.16. The molecule has 5 nitrogen and oxygen atoms in total. The van der Waals surface area contributed by atoms with Crippen LogP contribution in [0.4, 0.5) is 0 Å². The van der Waals surface area contributed by atoms with E-state index in [1.807, 2.05) is 18.2 Å². The van der Waals surface area contributed by atoms with Crippen molar-refractivity contribution in [3.05, 3.63) is 29.8 Å². The number of methoxy groups -OCH3 is 1. The zero-order chi connectivity index (χ0) is 18.7. The van der Waals surface area contributed by atoms with E-state index in [4.69, 9.17) is 9.47 Å². The minimum absolute atomic E-state index is 0.180. The van der Waals surface area contributed by atoms with Gasteiger partial charge >= 0.3 is 0 Å². The number of nitrogens with zero attached hydrogens (tertiary/aromatic N) is 2. The van der Waals surface area contributed by atoms with Crippen molar-refractivity contribution in [2.24, 2.45) is 5.41 Å². The summed E-state index contributed by atoms with van der Waals surface area (Å²) in [6.45, 7) is 5.78. The fraction of sp³-hybridized carbons (Fsp3) is 0.682. The first-order chi connectivity index (χ1) is 13.2. The Morgan fingerprint density at radius 2 is 2.11 bits per heavy atom. The van der Waals surface area contributed by atoms with E-state index in [1.165, 1.54) is 19.3 Å². The highest BCUT2D eigenvalue weighted by Crippen LogP contribution is 2.41. The molecule has 0 bridgehead atoms. The van der Waals surface area contributed by atoms with Crippen LogP contribution in [0.1, 0.15) is 44.1 Å². The molecule has 27 heavy (non-hydrogen) atoms. The monoisotopic (exact) mass is 372 g/mol. The summed E-state index contributed by atoms with van der Waals surface area (Å²) < 4.78 is 11.2. The molecule has 5 heteroatoms. The Hall–Kier alpha value is -1.59. The maximum atomic E-state index is 12.7. The van der Waals surface area contributed by atoms with Gasteiger partial charge in [-0.2, -0.15) is 0 Å². The molecule has 1 spiro atoms. The summed E-state index contributed by atoms with van der Waals surface area (Å²) >= 11 is 0.